The summed E-state index contributed by atoms with van der Waals surface area (Å²) in [6.45, 7) is 11.1. The molecule has 1 aliphatic heterocycles. The molecule has 0 aromatic carbocycles. The molecule has 0 bridgehead atoms. The number of nitrogens with one attached hydrogen (secondary N) is 1. The fourth-order valence-electron chi connectivity index (χ4n) is 3.34. The number of carbonyl (C=O) groups is 1. The van der Waals surface area contributed by atoms with Gasteiger partial charge in [0, 0.05) is 30.5 Å². The number of aryl methyl sites for hydroxylation is 2. The molecule has 0 spiro atoms. The first-order valence-corrected chi connectivity index (χ1v) is 8.67. The third kappa shape index (κ3) is 3.56. The van der Waals surface area contributed by atoms with Gasteiger partial charge in [0.1, 0.15) is 0 Å². The maximum absolute atomic E-state index is 12.4. The largest absolute Gasteiger partial charge is 0.348 e. The molecule has 2 aromatic rings. The second kappa shape index (κ2) is 6.84. The van der Waals surface area contributed by atoms with Crippen LogP contribution in [0.3, 0.4) is 0 Å². The molecule has 7 nitrogen and oxygen atoms in total. The van der Waals surface area contributed by atoms with Crippen LogP contribution in [-0.2, 0) is 0 Å². The maximum Gasteiger partial charge on any atom is 0.291 e. The average Bonchev–Trinajstić information content (AvgIpc) is 2.96. The molecule has 2 atom stereocenters. The number of aromatic nitrogens is 4. The Kier molecular flexibility index (Phi) is 4.80. The minimum absolute atomic E-state index is 0.176. The van der Waals surface area contributed by atoms with Crippen LogP contribution in [0, 0.1) is 19.8 Å². The molecule has 0 unspecified atom stereocenters. The van der Waals surface area contributed by atoms with Gasteiger partial charge in [0.2, 0.25) is 5.82 Å². The highest BCUT2D eigenvalue weighted by Crippen LogP contribution is 2.17. The smallest absolute Gasteiger partial charge is 0.291 e. The number of piperidine rings is 1. The summed E-state index contributed by atoms with van der Waals surface area (Å²) in [6.07, 6.45) is 2.53. The van der Waals surface area contributed by atoms with Gasteiger partial charge in [-0.15, -0.1) is 5.10 Å². The molecule has 1 fully saturated rings. The fourth-order valence-corrected chi connectivity index (χ4v) is 3.34. The van der Waals surface area contributed by atoms with Crippen molar-refractivity contribution in [1.82, 2.24) is 29.8 Å². The van der Waals surface area contributed by atoms with Gasteiger partial charge in [-0.05, 0) is 52.1 Å². The van der Waals surface area contributed by atoms with E-state index in [2.05, 4.69) is 39.1 Å². The van der Waals surface area contributed by atoms with Gasteiger partial charge in [0.15, 0.2) is 0 Å². The molecule has 130 valence electrons. The standard InChI is InChI=1S/C17H26N6O/c1-11-6-5-7-22(10-11)14(4)9-18-16(24)15-20-17-19-12(2)8-13(3)23(17)21-15/h8,11,14H,5-7,9-10H2,1-4H3,(H,18,24)/t11-,14-/m0/s1. The third-order valence-corrected chi connectivity index (χ3v) is 4.69. The number of amides is 1. The van der Waals surface area contributed by atoms with E-state index in [1.807, 2.05) is 19.9 Å². The van der Waals surface area contributed by atoms with Gasteiger partial charge in [-0.2, -0.15) is 4.98 Å². The lowest BCUT2D eigenvalue weighted by atomic mass is 9.99. The first-order valence-electron chi connectivity index (χ1n) is 8.67. The third-order valence-electron chi connectivity index (χ3n) is 4.69. The number of hydrogen-bond donors (Lipinski definition) is 1. The SMILES string of the molecule is Cc1cc(C)n2nc(C(=O)NC[C@H](C)N3CCC[C@H](C)C3)nc2n1. The summed E-state index contributed by atoms with van der Waals surface area (Å²) in [7, 11) is 0. The molecule has 1 amide bonds. The van der Waals surface area contributed by atoms with Crippen molar-refractivity contribution in [2.24, 2.45) is 5.92 Å². The summed E-state index contributed by atoms with van der Waals surface area (Å²) >= 11 is 0. The van der Waals surface area contributed by atoms with Crippen molar-refractivity contribution in [3.05, 3.63) is 23.3 Å². The van der Waals surface area contributed by atoms with Crippen molar-refractivity contribution in [2.45, 2.75) is 46.6 Å². The fraction of sp³-hybridized carbons (Fsp3) is 0.647. The van der Waals surface area contributed by atoms with Crippen LogP contribution in [-0.4, -0.2) is 56.1 Å². The quantitative estimate of drug-likeness (QED) is 0.921. The molecule has 7 heteroatoms. The van der Waals surface area contributed by atoms with Crippen molar-refractivity contribution >= 4 is 11.7 Å². The van der Waals surface area contributed by atoms with Crippen LogP contribution >= 0.6 is 0 Å². The number of rotatable bonds is 4. The van der Waals surface area contributed by atoms with E-state index in [0.29, 0.717) is 18.4 Å². The Balaban J connectivity index is 1.63. The van der Waals surface area contributed by atoms with Crippen molar-refractivity contribution in [3.63, 3.8) is 0 Å². The zero-order chi connectivity index (χ0) is 17.3. The number of fused-ring (bicyclic) bond motifs is 1. The monoisotopic (exact) mass is 330 g/mol. The Hall–Kier alpha value is -2.02. The van der Waals surface area contributed by atoms with Crippen molar-refractivity contribution < 1.29 is 4.79 Å². The van der Waals surface area contributed by atoms with Crippen LogP contribution in [0.2, 0.25) is 0 Å². The molecule has 3 heterocycles. The zero-order valence-electron chi connectivity index (χ0n) is 14.9. The predicted molar refractivity (Wildman–Crippen MR) is 92.0 cm³/mol. The molecule has 1 aliphatic rings. The van der Waals surface area contributed by atoms with Gasteiger partial charge < -0.3 is 5.32 Å². The lowest BCUT2D eigenvalue weighted by Crippen LogP contribution is -2.46. The number of carbonyl (C=O) groups excluding carboxylic acids is 1. The van der Waals surface area contributed by atoms with Crippen molar-refractivity contribution in [1.29, 1.82) is 0 Å². The van der Waals surface area contributed by atoms with Crippen LogP contribution < -0.4 is 5.32 Å². The lowest BCUT2D eigenvalue weighted by Gasteiger charge is -2.35. The van der Waals surface area contributed by atoms with Gasteiger partial charge >= 0.3 is 0 Å². The maximum atomic E-state index is 12.4. The average molecular weight is 330 g/mol. The van der Waals surface area contributed by atoms with Gasteiger partial charge in [-0.3, -0.25) is 9.69 Å². The minimum Gasteiger partial charge on any atom is -0.348 e. The zero-order valence-corrected chi connectivity index (χ0v) is 14.9. The summed E-state index contributed by atoms with van der Waals surface area (Å²) in [5.74, 6) is 1.13. The highest BCUT2D eigenvalue weighted by molar-refractivity contribution is 5.90. The van der Waals surface area contributed by atoms with Crippen molar-refractivity contribution in [2.75, 3.05) is 19.6 Å². The van der Waals surface area contributed by atoms with Gasteiger partial charge in [0.05, 0.1) is 0 Å². The second-order valence-electron chi connectivity index (χ2n) is 6.99. The Bertz CT molecular complexity index is 740. The van der Waals surface area contributed by atoms with Crippen molar-refractivity contribution in [3.8, 4) is 0 Å². The summed E-state index contributed by atoms with van der Waals surface area (Å²) in [5.41, 5.74) is 1.78. The Morgan fingerprint density at radius 1 is 1.42 bits per heavy atom. The van der Waals surface area contributed by atoms with E-state index < -0.39 is 0 Å². The van der Waals surface area contributed by atoms with Crippen LogP contribution in [0.15, 0.2) is 6.07 Å². The van der Waals surface area contributed by atoms with Gasteiger partial charge in [0.25, 0.3) is 11.7 Å². The topological polar surface area (TPSA) is 75.4 Å². The van der Waals surface area contributed by atoms with E-state index in [0.717, 1.165) is 30.4 Å². The summed E-state index contributed by atoms with van der Waals surface area (Å²) < 4.78 is 1.61. The molecule has 0 radical (unpaired) electrons. The van der Waals surface area contributed by atoms with E-state index in [1.54, 1.807) is 4.52 Å². The first kappa shape index (κ1) is 16.8. The Morgan fingerprint density at radius 2 is 2.21 bits per heavy atom. The van der Waals surface area contributed by atoms with Crippen LogP contribution in [0.25, 0.3) is 5.78 Å². The molecule has 1 saturated heterocycles. The van der Waals surface area contributed by atoms with E-state index >= 15 is 0 Å². The summed E-state index contributed by atoms with van der Waals surface area (Å²) in [4.78, 5) is 23.4. The van der Waals surface area contributed by atoms with Gasteiger partial charge in [-0.25, -0.2) is 9.50 Å². The molecule has 2 aromatic heterocycles. The molecular weight excluding hydrogens is 304 g/mol. The Morgan fingerprint density at radius 3 is 2.96 bits per heavy atom. The normalized spacial score (nSPS) is 20.2. The van der Waals surface area contributed by atoms with E-state index in [9.17, 15) is 4.79 Å². The highest BCUT2D eigenvalue weighted by atomic mass is 16.2. The molecule has 0 aliphatic carbocycles. The molecule has 3 rings (SSSR count). The summed E-state index contributed by atoms with van der Waals surface area (Å²) in [5, 5.41) is 7.23. The first-order chi connectivity index (χ1) is 11.4. The van der Waals surface area contributed by atoms with E-state index in [1.165, 1.54) is 12.8 Å². The lowest BCUT2D eigenvalue weighted by molar-refractivity contribution is 0.0908. The molecule has 0 saturated carbocycles. The van der Waals surface area contributed by atoms with Crippen LogP contribution in [0.5, 0.6) is 0 Å². The highest BCUT2D eigenvalue weighted by Gasteiger charge is 2.22. The minimum atomic E-state index is -0.241. The second-order valence-corrected chi connectivity index (χ2v) is 6.99. The molecular formula is C17H26N6O. The van der Waals surface area contributed by atoms with E-state index in [4.69, 9.17) is 0 Å². The number of likely N-dealkylation sites (tertiary alicyclic amines) is 1. The van der Waals surface area contributed by atoms with Crippen LogP contribution in [0.1, 0.15) is 48.7 Å². The molecule has 24 heavy (non-hydrogen) atoms. The number of hydrogen-bond acceptors (Lipinski definition) is 5. The van der Waals surface area contributed by atoms with Crippen LogP contribution in [0.4, 0.5) is 0 Å². The van der Waals surface area contributed by atoms with E-state index in [-0.39, 0.29) is 11.7 Å². The Labute approximate surface area is 142 Å². The van der Waals surface area contributed by atoms with Gasteiger partial charge in [-0.1, -0.05) is 6.92 Å². The predicted octanol–water partition coefficient (Wildman–Crippen LogP) is 1.59. The number of nitrogens with zero attached hydrogens (tertiary/aromatic N) is 5. The molecule has 1 N–H and O–H groups in total. The summed E-state index contributed by atoms with van der Waals surface area (Å²) in [6, 6.07) is 2.24.